The number of rotatable bonds is 3. The van der Waals surface area contributed by atoms with Gasteiger partial charge in [-0.2, -0.15) is 0 Å². The molecular formula is C20H20FNO3. The molecule has 2 fully saturated rings. The van der Waals surface area contributed by atoms with Crippen molar-refractivity contribution in [3.8, 4) is 5.75 Å². The standard InChI is InChI=1S/C20H20FNO3/c21-16-6-4-15(5-7-16)20(8-9-20)19(24)22-10-11-25-18(13-22)14-2-1-3-17(23)12-14/h1-7,12,18,23H,8-11,13H2/t18-/m0/s1. The molecule has 1 atom stereocenters. The Labute approximate surface area is 145 Å². The predicted molar refractivity (Wildman–Crippen MR) is 90.7 cm³/mol. The summed E-state index contributed by atoms with van der Waals surface area (Å²) in [5.41, 5.74) is 1.25. The van der Waals surface area contributed by atoms with Crippen LogP contribution in [0.2, 0.25) is 0 Å². The molecule has 5 heteroatoms. The average molecular weight is 341 g/mol. The van der Waals surface area contributed by atoms with Gasteiger partial charge in [0, 0.05) is 6.54 Å². The Balaban J connectivity index is 1.53. The first-order chi connectivity index (χ1) is 12.1. The Kier molecular flexibility index (Phi) is 3.96. The van der Waals surface area contributed by atoms with E-state index in [1.165, 1.54) is 12.1 Å². The molecule has 0 spiro atoms. The van der Waals surface area contributed by atoms with Gasteiger partial charge in [-0.1, -0.05) is 24.3 Å². The van der Waals surface area contributed by atoms with Crippen LogP contribution in [0, 0.1) is 5.82 Å². The van der Waals surface area contributed by atoms with Gasteiger partial charge in [-0.05, 0) is 48.2 Å². The largest absolute Gasteiger partial charge is 0.508 e. The zero-order chi connectivity index (χ0) is 17.4. The summed E-state index contributed by atoms with van der Waals surface area (Å²) in [5.74, 6) is -0.00981. The summed E-state index contributed by atoms with van der Waals surface area (Å²) >= 11 is 0. The Morgan fingerprint density at radius 2 is 1.96 bits per heavy atom. The van der Waals surface area contributed by atoms with Crippen LogP contribution in [-0.4, -0.2) is 35.6 Å². The highest BCUT2D eigenvalue weighted by Gasteiger charge is 2.53. The number of carbonyl (C=O) groups excluding carboxylic acids is 1. The van der Waals surface area contributed by atoms with Crippen molar-refractivity contribution in [1.82, 2.24) is 4.90 Å². The van der Waals surface area contributed by atoms with Gasteiger partial charge in [0.25, 0.3) is 0 Å². The molecule has 1 heterocycles. The molecule has 0 aromatic heterocycles. The fraction of sp³-hybridized carbons (Fsp3) is 0.350. The predicted octanol–water partition coefficient (Wildman–Crippen LogP) is 3.16. The van der Waals surface area contributed by atoms with Crippen LogP contribution < -0.4 is 0 Å². The molecule has 2 aliphatic rings. The molecule has 1 aliphatic carbocycles. The van der Waals surface area contributed by atoms with Gasteiger partial charge < -0.3 is 14.7 Å². The third-order valence-electron chi connectivity index (χ3n) is 5.15. The Morgan fingerprint density at radius 1 is 1.20 bits per heavy atom. The lowest BCUT2D eigenvalue weighted by Crippen LogP contribution is -2.46. The third kappa shape index (κ3) is 3.00. The third-order valence-corrected chi connectivity index (χ3v) is 5.15. The minimum atomic E-state index is -0.506. The number of nitrogens with zero attached hydrogens (tertiary/aromatic N) is 1. The van der Waals surface area contributed by atoms with Gasteiger partial charge in [-0.25, -0.2) is 4.39 Å². The van der Waals surface area contributed by atoms with E-state index in [1.54, 1.807) is 30.3 Å². The minimum absolute atomic E-state index is 0.0903. The van der Waals surface area contributed by atoms with Gasteiger partial charge in [0.15, 0.2) is 0 Å². The Bertz CT molecular complexity index is 786. The number of phenolic OH excluding ortho intramolecular Hbond substituents is 1. The fourth-order valence-corrected chi connectivity index (χ4v) is 3.58. The molecule has 1 saturated carbocycles. The first-order valence-corrected chi connectivity index (χ1v) is 8.54. The maximum Gasteiger partial charge on any atom is 0.233 e. The highest BCUT2D eigenvalue weighted by atomic mass is 19.1. The second-order valence-corrected chi connectivity index (χ2v) is 6.79. The number of halogens is 1. The van der Waals surface area contributed by atoms with E-state index < -0.39 is 5.41 Å². The topological polar surface area (TPSA) is 49.8 Å². The van der Waals surface area contributed by atoms with E-state index in [0.717, 1.165) is 24.0 Å². The molecule has 25 heavy (non-hydrogen) atoms. The van der Waals surface area contributed by atoms with Crippen molar-refractivity contribution in [2.24, 2.45) is 0 Å². The number of amides is 1. The second-order valence-electron chi connectivity index (χ2n) is 6.79. The summed E-state index contributed by atoms with van der Waals surface area (Å²) in [6.07, 6.45) is 1.35. The van der Waals surface area contributed by atoms with Gasteiger partial charge in [-0.15, -0.1) is 0 Å². The molecular weight excluding hydrogens is 321 g/mol. The van der Waals surface area contributed by atoms with E-state index in [9.17, 15) is 14.3 Å². The highest BCUT2D eigenvalue weighted by Crippen LogP contribution is 2.50. The maximum absolute atomic E-state index is 13.2. The number of benzene rings is 2. The SMILES string of the molecule is O=C(N1CCO[C@H](c2cccc(O)c2)C1)C1(c2ccc(F)cc2)CC1. The highest BCUT2D eigenvalue weighted by molar-refractivity contribution is 5.91. The first kappa shape index (κ1) is 16.1. The number of hydrogen-bond acceptors (Lipinski definition) is 3. The molecule has 2 aromatic rings. The molecule has 1 aliphatic heterocycles. The second kappa shape index (κ2) is 6.15. The molecule has 0 unspecified atom stereocenters. The van der Waals surface area contributed by atoms with Crippen LogP contribution in [-0.2, 0) is 14.9 Å². The number of morpholine rings is 1. The van der Waals surface area contributed by atoms with E-state index in [2.05, 4.69) is 0 Å². The molecule has 4 rings (SSSR count). The van der Waals surface area contributed by atoms with Crippen LogP contribution in [0.15, 0.2) is 48.5 Å². The molecule has 0 radical (unpaired) electrons. The summed E-state index contributed by atoms with van der Waals surface area (Å²) < 4.78 is 19.0. The molecule has 1 N–H and O–H groups in total. The van der Waals surface area contributed by atoms with Gasteiger partial charge in [0.05, 0.1) is 18.6 Å². The van der Waals surface area contributed by atoms with E-state index in [1.807, 2.05) is 11.0 Å². The van der Waals surface area contributed by atoms with Gasteiger partial charge >= 0.3 is 0 Å². The summed E-state index contributed by atoms with van der Waals surface area (Å²) in [5, 5.41) is 9.66. The Hall–Kier alpha value is -2.40. The normalized spacial score (nSPS) is 21.8. The fourth-order valence-electron chi connectivity index (χ4n) is 3.58. The lowest BCUT2D eigenvalue weighted by atomic mass is 9.93. The van der Waals surface area contributed by atoms with Gasteiger partial charge in [-0.3, -0.25) is 4.79 Å². The van der Waals surface area contributed by atoms with Crippen LogP contribution in [0.1, 0.15) is 30.1 Å². The van der Waals surface area contributed by atoms with Crippen molar-refractivity contribution in [2.45, 2.75) is 24.4 Å². The summed E-state index contributed by atoms with van der Waals surface area (Å²) in [6, 6.07) is 13.2. The van der Waals surface area contributed by atoms with Crippen molar-refractivity contribution >= 4 is 5.91 Å². The average Bonchev–Trinajstić information content (AvgIpc) is 3.44. The van der Waals surface area contributed by atoms with E-state index in [-0.39, 0.29) is 23.6 Å². The lowest BCUT2D eigenvalue weighted by Gasteiger charge is -2.35. The van der Waals surface area contributed by atoms with Gasteiger partial charge in [0.2, 0.25) is 5.91 Å². The maximum atomic E-state index is 13.2. The number of hydrogen-bond donors (Lipinski definition) is 1. The van der Waals surface area contributed by atoms with Crippen LogP contribution in [0.4, 0.5) is 4.39 Å². The summed E-state index contributed by atoms with van der Waals surface area (Å²) in [4.78, 5) is 15.0. The van der Waals surface area contributed by atoms with Gasteiger partial charge in [0.1, 0.15) is 17.7 Å². The number of aromatic hydroxyl groups is 1. The number of carbonyl (C=O) groups is 1. The molecule has 1 saturated heterocycles. The molecule has 130 valence electrons. The van der Waals surface area contributed by atoms with Crippen molar-refractivity contribution < 1.29 is 19.0 Å². The van der Waals surface area contributed by atoms with Crippen molar-refractivity contribution in [2.75, 3.05) is 19.7 Å². The van der Waals surface area contributed by atoms with Crippen LogP contribution in [0.25, 0.3) is 0 Å². The quantitative estimate of drug-likeness (QED) is 0.933. The van der Waals surface area contributed by atoms with E-state index >= 15 is 0 Å². The first-order valence-electron chi connectivity index (χ1n) is 8.54. The summed E-state index contributed by atoms with van der Waals surface area (Å²) in [7, 11) is 0. The van der Waals surface area contributed by atoms with Crippen LogP contribution >= 0.6 is 0 Å². The Morgan fingerprint density at radius 3 is 2.64 bits per heavy atom. The van der Waals surface area contributed by atoms with Crippen molar-refractivity contribution in [1.29, 1.82) is 0 Å². The monoisotopic (exact) mass is 341 g/mol. The van der Waals surface area contributed by atoms with Crippen LogP contribution in [0.3, 0.4) is 0 Å². The van der Waals surface area contributed by atoms with Crippen molar-refractivity contribution in [3.63, 3.8) is 0 Å². The van der Waals surface area contributed by atoms with E-state index in [4.69, 9.17) is 4.74 Å². The van der Waals surface area contributed by atoms with Crippen LogP contribution in [0.5, 0.6) is 5.75 Å². The van der Waals surface area contributed by atoms with Crippen molar-refractivity contribution in [3.05, 3.63) is 65.5 Å². The minimum Gasteiger partial charge on any atom is -0.508 e. The lowest BCUT2D eigenvalue weighted by molar-refractivity contribution is -0.141. The molecule has 4 nitrogen and oxygen atoms in total. The summed E-state index contributed by atoms with van der Waals surface area (Å²) in [6.45, 7) is 1.48. The molecule has 2 aromatic carbocycles. The zero-order valence-corrected chi connectivity index (χ0v) is 13.8. The smallest absolute Gasteiger partial charge is 0.233 e. The molecule has 1 amide bonds. The number of phenols is 1. The zero-order valence-electron chi connectivity index (χ0n) is 13.8. The molecule has 0 bridgehead atoms. The van der Waals surface area contributed by atoms with E-state index in [0.29, 0.717) is 19.7 Å². The number of ether oxygens (including phenoxy) is 1.